The minimum atomic E-state index is -3.55. The third-order valence-electron chi connectivity index (χ3n) is 3.50. The molecule has 0 spiro atoms. The molecule has 0 saturated carbocycles. The number of aromatic amines is 1. The molecule has 8 heteroatoms. The Hall–Kier alpha value is -2.45. The Labute approximate surface area is 140 Å². The monoisotopic (exact) mass is 349 g/mol. The summed E-state index contributed by atoms with van der Waals surface area (Å²) in [6.07, 6.45) is 1.39. The normalized spacial score (nSPS) is 11.5. The summed E-state index contributed by atoms with van der Waals surface area (Å²) < 4.78 is 26.1. The minimum Gasteiger partial charge on any atom is -0.327 e. The average Bonchev–Trinajstić information content (AvgIpc) is 2.58. The van der Waals surface area contributed by atoms with Crippen LogP contribution >= 0.6 is 0 Å². The van der Waals surface area contributed by atoms with Crippen molar-refractivity contribution >= 4 is 21.6 Å². The molecule has 2 rings (SSSR count). The number of hydrogen-bond donors (Lipinski definition) is 2. The highest BCUT2D eigenvalue weighted by Crippen LogP contribution is 2.16. The van der Waals surface area contributed by atoms with Gasteiger partial charge in [0.15, 0.2) is 0 Å². The van der Waals surface area contributed by atoms with Gasteiger partial charge >= 0.3 is 0 Å². The standard InChI is InChI=1S/C16H19N3O4S/c1-3-19(4-2)24(22,23)14-8-5-12(6-9-14)16(21)18-13-7-10-15(20)17-11-13/h5-11H,3-4H2,1-2H3,(H,17,20)(H,18,21). The molecule has 2 aromatic rings. The van der Waals surface area contributed by atoms with Gasteiger partial charge in [0.05, 0.1) is 10.6 Å². The van der Waals surface area contributed by atoms with Gasteiger partial charge in [-0.15, -0.1) is 0 Å². The number of amides is 1. The number of carbonyl (C=O) groups is 1. The number of pyridine rings is 1. The molecule has 7 nitrogen and oxygen atoms in total. The first-order valence-electron chi connectivity index (χ1n) is 7.48. The van der Waals surface area contributed by atoms with Crippen molar-refractivity contribution in [2.45, 2.75) is 18.7 Å². The quantitative estimate of drug-likeness (QED) is 0.828. The molecule has 0 saturated heterocycles. The summed E-state index contributed by atoms with van der Waals surface area (Å²) in [4.78, 5) is 25.7. The summed E-state index contributed by atoms with van der Waals surface area (Å²) in [6.45, 7) is 4.31. The lowest BCUT2D eigenvalue weighted by Crippen LogP contribution is -2.30. The smallest absolute Gasteiger partial charge is 0.255 e. The molecule has 24 heavy (non-hydrogen) atoms. The first-order valence-corrected chi connectivity index (χ1v) is 8.92. The van der Waals surface area contributed by atoms with E-state index in [0.29, 0.717) is 24.3 Å². The highest BCUT2D eigenvalue weighted by Gasteiger charge is 2.21. The van der Waals surface area contributed by atoms with Crippen molar-refractivity contribution in [1.29, 1.82) is 0 Å². The van der Waals surface area contributed by atoms with Gasteiger partial charge in [0, 0.05) is 30.9 Å². The van der Waals surface area contributed by atoms with Crippen molar-refractivity contribution in [2.24, 2.45) is 0 Å². The van der Waals surface area contributed by atoms with Crippen LogP contribution in [0.4, 0.5) is 5.69 Å². The van der Waals surface area contributed by atoms with E-state index in [1.165, 1.54) is 46.9 Å². The lowest BCUT2D eigenvalue weighted by molar-refractivity contribution is 0.102. The summed E-state index contributed by atoms with van der Waals surface area (Å²) in [5, 5.41) is 2.62. The van der Waals surface area contributed by atoms with Crippen LogP contribution in [-0.4, -0.2) is 36.7 Å². The topological polar surface area (TPSA) is 99.3 Å². The molecule has 0 radical (unpaired) electrons. The summed E-state index contributed by atoms with van der Waals surface area (Å²) in [5.41, 5.74) is 0.498. The van der Waals surface area contributed by atoms with Crippen LogP contribution in [0.3, 0.4) is 0 Å². The minimum absolute atomic E-state index is 0.145. The van der Waals surface area contributed by atoms with Crippen LogP contribution < -0.4 is 10.9 Å². The predicted molar refractivity (Wildman–Crippen MR) is 91.6 cm³/mol. The van der Waals surface area contributed by atoms with E-state index in [-0.39, 0.29) is 10.5 Å². The Morgan fingerprint density at radius 2 is 1.71 bits per heavy atom. The number of hydrogen-bond acceptors (Lipinski definition) is 4. The second-order valence-electron chi connectivity index (χ2n) is 5.01. The zero-order valence-electron chi connectivity index (χ0n) is 13.4. The number of rotatable bonds is 6. The molecule has 0 aliphatic carbocycles. The first-order chi connectivity index (χ1) is 11.4. The molecule has 2 N–H and O–H groups in total. The van der Waals surface area contributed by atoms with Gasteiger partial charge in [-0.2, -0.15) is 4.31 Å². The van der Waals surface area contributed by atoms with Crippen LogP contribution in [0.5, 0.6) is 0 Å². The molecule has 0 atom stereocenters. The van der Waals surface area contributed by atoms with Crippen molar-refractivity contribution in [3.05, 3.63) is 58.5 Å². The first kappa shape index (κ1) is 17.9. The van der Waals surface area contributed by atoms with Crippen LogP contribution in [0, 0.1) is 0 Å². The van der Waals surface area contributed by atoms with Gasteiger partial charge in [-0.1, -0.05) is 13.8 Å². The highest BCUT2D eigenvalue weighted by molar-refractivity contribution is 7.89. The third kappa shape index (κ3) is 3.90. The zero-order chi connectivity index (χ0) is 17.7. The van der Waals surface area contributed by atoms with Crippen LogP contribution in [0.15, 0.2) is 52.3 Å². The number of H-pyrrole nitrogens is 1. The van der Waals surface area contributed by atoms with Gasteiger partial charge in [0.1, 0.15) is 0 Å². The molecule has 0 unspecified atom stereocenters. The van der Waals surface area contributed by atoms with E-state index < -0.39 is 15.9 Å². The molecule has 1 amide bonds. The van der Waals surface area contributed by atoms with Gasteiger partial charge < -0.3 is 10.3 Å². The number of nitrogens with zero attached hydrogens (tertiary/aromatic N) is 1. The summed E-state index contributed by atoms with van der Waals surface area (Å²) in [7, 11) is -3.55. The van der Waals surface area contributed by atoms with Crippen LogP contribution in [-0.2, 0) is 10.0 Å². The number of benzene rings is 1. The summed E-state index contributed by atoms with van der Waals surface area (Å²) >= 11 is 0. The van der Waals surface area contributed by atoms with Gasteiger partial charge in [-0.3, -0.25) is 9.59 Å². The van der Waals surface area contributed by atoms with Gasteiger partial charge in [0.2, 0.25) is 15.6 Å². The van der Waals surface area contributed by atoms with Crippen molar-refractivity contribution in [3.8, 4) is 0 Å². The van der Waals surface area contributed by atoms with Crippen molar-refractivity contribution in [2.75, 3.05) is 18.4 Å². The van der Waals surface area contributed by atoms with Gasteiger partial charge in [-0.05, 0) is 30.3 Å². The SMILES string of the molecule is CCN(CC)S(=O)(=O)c1ccc(C(=O)Nc2ccc(=O)[nH]c2)cc1. The Morgan fingerprint density at radius 3 is 2.21 bits per heavy atom. The van der Waals surface area contributed by atoms with Crippen LogP contribution in [0.1, 0.15) is 24.2 Å². The Morgan fingerprint density at radius 1 is 1.08 bits per heavy atom. The fourth-order valence-electron chi connectivity index (χ4n) is 2.18. The van der Waals surface area contributed by atoms with Crippen molar-refractivity contribution in [1.82, 2.24) is 9.29 Å². The van der Waals surface area contributed by atoms with E-state index >= 15 is 0 Å². The molecule has 0 bridgehead atoms. The Bertz CT molecular complexity index is 848. The lowest BCUT2D eigenvalue weighted by Gasteiger charge is -2.18. The molecule has 0 aliphatic heterocycles. The second-order valence-corrected chi connectivity index (χ2v) is 6.95. The maximum atomic E-state index is 12.4. The molecule has 128 valence electrons. The number of aromatic nitrogens is 1. The fourth-order valence-corrected chi connectivity index (χ4v) is 3.64. The van der Waals surface area contributed by atoms with E-state index in [1.54, 1.807) is 13.8 Å². The molecule has 1 aromatic heterocycles. The van der Waals surface area contributed by atoms with Gasteiger partial charge in [0.25, 0.3) is 5.91 Å². The van der Waals surface area contributed by atoms with Crippen LogP contribution in [0.2, 0.25) is 0 Å². The largest absolute Gasteiger partial charge is 0.327 e. The van der Waals surface area contributed by atoms with E-state index in [2.05, 4.69) is 10.3 Å². The van der Waals surface area contributed by atoms with E-state index in [0.717, 1.165) is 0 Å². The Balaban J connectivity index is 2.18. The summed E-state index contributed by atoms with van der Waals surface area (Å²) in [6, 6.07) is 8.52. The molecule has 1 aromatic carbocycles. The maximum absolute atomic E-state index is 12.4. The van der Waals surface area contributed by atoms with E-state index in [4.69, 9.17) is 0 Å². The van der Waals surface area contributed by atoms with Crippen LogP contribution in [0.25, 0.3) is 0 Å². The van der Waals surface area contributed by atoms with E-state index in [1.807, 2.05) is 0 Å². The van der Waals surface area contributed by atoms with Gasteiger partial charge in [-0.25, -0.2) is 8.42 Å². The average molecular weight is 349 g/mol. The molecule has 1 heterocycles. The zero-order valence-corrected chi connectivity index (χ0v) is 14.3. The van der Waals surface area contributed by atoms with Crippen molar-refractivity contribution in [3.63, 3.8) is 0 Å². The number of sulfonamides is 1. The highest BCUT2D eigenvalue weighted by atomic mass is 32.2. The van der Waals surface area contributed by atoms with Crippen molar-refractivity contribution < 1.29 is 13.2 Å². The molecule has 0 aliphatic rings. The summed E-state index contributed by atoms with van der Waals surface area (Å²) in [5.74, 6) is -0.395. The maximum Gasteiger partial charge on any atom is 0.255 e. The van der Waals surface area contributed by atoms with E-state index in [9.17, 15) is 18.0 Å². The fraction of sp³-hybridized carbons (Fsp3) is 0.250. The number of carbonyl (C=O) groups excluding carboxylic acids is 1. The lowest BCUT2D eigenvalue weighted by atomic mass is 10.2. The molecular formula is C16H19N3O4S. The predicted octanol–water partition coefficient (Wildman–Crippen LogP) is 1.66. The molecule has 0 fully saturated rings. The molecular weight excluding hydrogens is 330 g/mol. The number of anilines is 1. The third-order valence-corrected chi connectivity index (χ3v) is 5.57. The number of nitrogens with one attached hydrogen (secondary N) is 2. The second kappa shape index (κ2) is 7.41. The Kier molecular flexibility index (Phi) is 5.53.